The van der Waals surface area contributed by atoms with E-state index in [4.69, 9.17) is 0 Å². The molecule has 0 aromatic heterocycles. The molecule has 4 nitrogen and oxygen atoms in total. The summed E-state index contributed by atoms with van der Waals surface area (Å²) in [6.07, 6.45) is 2.00. The summed E-state index contributed by atoms with van der Waals surface area (Å²) in [5, 5.41) is 3.13. The smallest absolute Gasteiger partial charge is 0.240 e. The van der Waals surface area contributed by atoms with E-state index in [0.717, 1.165) is 18.4 Å². The summed E-state index contributed by atoms with van der Waals surface area (Å²) in [6, 6.07) is 7.42. The molecule has 1 fully saturated rings. The Morgan fingerprint density at radius 2 is 1.95 bits per heavy atom. The Balaban J connectivity index is 2.08. The highest BCUT2D eigenvalue weighted by Crippen LogP contribution is 2.34. The highest BCUT2D eigenvalue weighted by molar-refractivity contribution is 7.89. The van der Waals surface area contributed by atoms with Crippen LogP contribution < -0.4 is 10.0 Å². The fraction of sp³-hybridized carbons (Fsp3) is 0.571. The van der Waals surface area contributed by atoms with Gasteiger partial charge in [-0.2, -0.15) is 0 Å². The van der Waals surface area contributed by atoms with E-state index in [1.165, 1.54) is 0 Å². The average Bonchev–Trinajstić information content (AvgIpc) is 3.15. The molecule has 1 aromatic carbocycles. The van der Waals surface area contributed by atoms with Crippen molar-refractivity contribution in [1.82, 2.24) is 10.0 Å². The monoisotopic (exact) mass is 282 g/mol. The van der Waals surface area contributed by atoms with Crippen LogP contribution in [0.1, 0.15) is 38.3 Å². The van der Waals surface area contributed by atoms with Gasteiger partial charge >= 0.3 is 0 Å². The fourth-order valence-electron chi connectivity index (χ4n) is 2.21. The molecule has 0 saturated heterocycles. The molecule has 2 rings (SSSR count). The van der Waals surface area contributed by atoms with E-state index in [1.807, 2.05) is 26.1 Å². The van der Waals surface area contributed by atoms with Gasteiger partial charge in [-0.1, -0.05) is 25.5 Å². The van der Waals surface area contributed by atoms with Gasteiger partial charge in [0.15, 0.2) is 0 Å². The average molecular weight is 282 g/mol. The Hall–Kier alpha value is -0.910. The third kappa shape index (κ3) is 3.35. The minimum Gasteiger partial charge on any atom is -0.313 e. The van der Waals surface area contributed by atoms with E-state index < -0.39 is 10.0 Å². The number of benzene rings is 1. The largest absolute Gasteiger partial charge is 0.313 e. The molecule has 3 unspecified atom stereocenters. The number of sulfonamides is 1. The summed E-state index contributed by atoms with van der Waals surface area (Å²) in [5.41, 5.74) is 1.08. The summed E-state index contributed by atoms with van der Waals surface area (Å²) in [7, 11) is -1.48. The van der Waals surface area contributed by atoms with E-state index in [-0.39, 0.29) is 12.1 Å². The second-order valence-electron chi connectivity index (χ2n) is 5.21. The molecule has 1 saturated carbocycles. The number of hydrogen-bond acceptors (Lipinski definition) is 3. The Kier molecular flexibility index (Phi) is 4.28. The second-order valence-corrected chi connectivity index (χ2v) is 6.93. The highest BCUT2D eigenvalue weighted by atomic mass is 32.2. The Labute approximate surface area is 115 Å². The Morgan fingerprint density at radius 3 is 2.42 bits per heavy atom. The molecular weight excluding hydrogens is 260 g/mol. The summed E-state index contributed by atoms with van der Waals surface area (Å²) >= 11 is 0. The zero-order chi connectivity index (χ0) is 14.0. The molecule has 106 valence electrons. The van der Waals surface area contributed by atoms with E-state index >= 15 is 0 Å². The molecule has 0 aliphatic heterocycles. The van der Waals surface area contributed by atoms with E-state index in [1.54, 1.807) is 12.1 Å². The maximum atomic E-state index is 12.2. The summed E-state index contributed by atoms with van der Waals surface area (Å²) < 4.78 is 27.1. The van der Waals surface area contributed by atoms with Crippen LogP contribution in [0.2, 0.25) is 0 Å². The molecule has 5 heteroatoms. The van der Waals surface area contributed by atoms with Crippen LogP contribution in [0.4, 0.5) is 0 Å². The van der Waals surface area contributed by atoms with Crippen molar-refractivity contribution in [3.05, 3.63) is 29.8 Å². The van der Waals surface area contributed by atoms with Crippen LogP contribution in [0, 0.1) is 5.92 Å². The molecule has 19 heavy (non-hydrogen) atoms. The predicted molar refractivity (Wildman–Crippen MR) is 76.4 cm³/mol. The number of hydrogen-bond donors (Lipinski definition) is 2. The van der Waals surface area contributed by atoms with Crippen molar-refractivity contribution in [3.8, 4) is 0 Å². The molecule has 0 heterocycles. The van der Waals surface area contributed by atoms with Crippen LogP contribution in [-0.4, -0.2) is 21.5 Å². The van der Waals surface area contributed by atoms with Gasteiger partial charge in [-0.3, -0.25) is 0 Å². The third-order valence-electron chi connectivity index (χ3n) is 3.88. The van der Waals surface area contributed by atoms with Crippen molar-refractivity contribution in [3.63, 3.8) is 0 Å². The Morgan fingerprint density at radius 1 is 1.32 bits per heavy atom. The normalized spacial score (nSPS) is 24.2. The zero-order valence-electron chi connectivity index (χ0n) is 11.7. The summed E-state index contributed by atoms with van der Waals surface area (Å²) in [4.78, 5) is 0.348. The van der Waals surface area contributed by atoms with Gasteiger partial charge in [-0.25, -0.2) is 13.1 Å². The molecule has 0 amide bonds. The first kappa shape index (κ1) is 14.5. The molecular formula is C14H22N2O2S. The SMILES string of the molecule is CCC1CC1NS(=O)(=O)c1ccc(C(C)NC)cc1. The first-order chi connectivity index (χ1) is 8.97. The fourth-order valence-corrected chi connectivity index (χ4v) is 3.53. The molecule has 1 aliphatic carbocycles. The lowest BCUT2D eigenvalue weighted by Crippen LogP contribution is -2.27. The lowest BCUT2D eigenvalue weighted by atomic mass is 10.1. The van der Waals surface area contributed by atoms with Gasteiger partial charge in [0, 0.05) is 12.1 Å². The number of nitrogens with one attached hydrogen (secondary N) is 2. The van der Waals surface area contributed by atoms with Crippen molar-refractivity contribution in [2.75, 3.05) is 7.05 Å². The minimum atomic E-state index is -3.36. The predicted octanol–water partition coefficient (Wildman–Crippen LogP) is 2.04. The molecule has 1 aromatic rings. The van der Waals surface area contributed by atoms with Gasteiger partial charge in [0.25, 0.3) is 0 Å². The maximum Gasteiger partial charge on any atom is 0.240 e. The first-order valence-electron chi connectivity index (χ1n) is 6.77. The summed E-state index contributed by atoms with van der Waals surface area (Å²) in [6.45, 7) is 4.13. The minimum absolute atomic E-state index is 0.130. The van der Waals surface area contributed by atoms with Gasteiger partial charge in [0.2, 0.25) is 10.0 Å². The molecule has 0 radical (unpaired) electrons. The van der Waals surface area contributed by atoms with Crippen molar-refractivity contribution in [1.29, 1.82) is 0 Å². The van der Waals surface area contributed by atoms with E-state index in [2.05, 4.69) is 17.0 Å². The van der Waals surface area contributed by atoms with E-state index in [0.29, 0.717) is 10.8 Å². The van der Waals surface area contributed by atoms with Gasteiger partial charge in [-0.05, 0) is 44.0 Å². The molecule has 2 N–H and O–H groups in total. The molecule has 0 bridgehead atoms. The van der Waals surface area contributed by atoms with Crippen LogP contribution in [0.25, 0.3) is 0 Å². The van der Waals surface area contributed by atoms with Gasteiger partial charge in [0.05, 0.1) is 4.90 Å². The van der Waals surface area contributed by atoms with Crippen LogP contribution in [0.3, 0.4) is 0 Å². The van der Waals surface area contributed by atoms with Crippen LogP contribution >= 0.6 is 0 Å². The quantitative estimate of drug-likeness (QED) is 0.839. The molecule has 0 spiro atoms. The van der Waals surface area contributed by atoms with Crippen molar-refractivity contribution < 1.29 is 8.42 Å². The lowest BCUT2D eigenvalue weighted by molar-refractivity contribution is 0.575. The third-order valence-corrected chi connectivity index (χ3v) is 5.38. The van der Waals surface area contributed by atoms with Gasteiger partial charge < -0.3 is 5.32 Å². The molecule has 3 atom stereocenters. The standard InChI is InChI=1S/C14H22N2O2S/c1-4-11-9-14(11)16-19(17,18)13-7-5-12(6-8-13)10(2)15-3/h5-8,10-11,14-16H,4,9H2,1-3H3. The van der Waals surface area contributed by atoms with Crippen molar-refractivity contribution in [2.24, 2.45) is 5.92 Å². The first-order valence-corrected chi connectivity index (χ1v) is 8.25. The van der Waals surface area contributed by atoms with Crippen LogP contribution in [0.5, 0.6) is 0 Å². The highest BCUT2D eigenvalue weighted by Gasteiger charge is 2.38. The lowest BCUT2D eigenvalue weighted by Gasteiger charge is -2.11. The van der Waals surface area contributed by atoms with Gasteiger partial charge in [-0.15, -0.1) is 0 Å². The zero-order valence-corrected chi connectivity index (χ0v) is 12.5. The number of rotatable bonds is 6. The van der Waals surface area contributed by atoms with Crippen molar-refractivity contribution in [2.45, 2.75) is 43.7 Å². The summed E-state index contributed by atoms with van der Waals surface area (Å²) in [5.74, 6) is 0.512. The molecule has 1 aliphatic rings. The van der Waals surface area contributed by atoms with Gasteiger partial charge in [0.1, 0.15) is 0 Å². The topological polar surface area (TPSA) is 58.2 Å². The van der Waals surface area contributed by atoms with Crippen molar-refractivity contribution >= 4 is 10.0 Å². The maximum absolute atomic E-state index is 12.2. The van der Waals surface area contributed by atoms with Crippen LogP contribution in [-0.2, 0) is 10.0 Å². The van der Waals surface area contributed by atoms with Crippen LogP contribution in [0.15, 0.2) is 29.2 Å². The second kappa shape index (κ2) is 5.61. The van der Waals surface area contributed by atoms with E-state index in [9.17, 15) is 8.42 Å². The Bertz CT molecular complexity index is 525.